The second kappa shape index (κ2) is 6.64. The Morgan fingerprint density at radius 3 is 2.90 bits per heavy atom. The first-order valence-electron chi connectivity index (χ1n) is 6.33. The van der Waals surface area contributed by atoms with Gasteiger partial charge in [-0.2, -0.15) is 0 Å². The van der Waals surface area contributed by atoms with Gasteiger partial charge in [0.25, 0.3) is 5.91 Å². The first kappa shape index (κ1) is 14.7. The summed E-state index contributed by atoms with van der Waals surface area (Å²) < 4.78 is 13.3. The van der Waals surface area contributed by atoms with E-state index in [1.807, 2.05) is 0 Å². The van der Waals surface area contributed by atoms with Gasteiger partial charge in [-0.15, -0.1) is 0 Å². The summed E-state index contributed by atoms with van der Waals surface area (Å²) in [5.74, 6) is 4.57. The number of rotatable bonds is 2. The van der Waals surface area contributed by atoms with Crippen molar-refractivity contribution in [3.8, 4) is 11.8 Å². The lowest BCUT2D eigenvalue weighted by atomic mass is 10.1. The van der Waals surface area contributed by atoms with Crippen LogP contribution in [0.4, 0.5) is 10.1 Å². The predicted octanol–water partition coefficient (Wildman–Crippen LogP) is 2.09. The SMILES string of the molecule is Cc1cccc(C(=O)Nc2ccc(F)cc2C#CCN)n1. The molecule has 0 aliphatic heterocycles. The van der Waals surface area contributed by atoms with E-state index < -0.39 is 5.82 Å². The predicted molar refractivity (Wildman–Crippen MR) is 79.3 cm³/mol. The van der Waals surface area contributed by atoms with Crippen molar-refractivity contribution in [1.82, 2.24) is 4.98 Å². The largest absolute Gasteiger partial charge is 0.320 e. The zero-order valence-electron chi connectivity index (χ0n) is 11.5. The van der Waals surface area contributed by atoms with E-state index >= 15 is 0 Å². The molecule has 2 aromatic rings. The molecule has 0 saturated carbocycles. The van der Waals surface area contributed by atoms with Crippen molar-refractivity contribution in [1.29, 1.82) is 0 Å². The fourth-order valence-electron chi connectivity index (χ4n) is 1.73. The molecule has 5 heteroatoms. The Hall–Kier alpha value is -2.71. The normalized spacial score (nSPS) is 9.67. The van der Waals surface area contributed by atoms with Crippen LogP contribution in [0.1, 0.15) is 21.7 Å². The van der Waals surface area contributed by atoms with Gasteiger partial charge >= 0.3 is 0 Å². The summed E-state index contributed by atoms with van der Waals surface area (Å²) in [6.07, 6.45) is 0. The number of nitrogens with zero attached hydrogens (tertiary/aromatic N) is 1. The van der Waals surface area contributed by atoms with Gasteiger partial charge in [0, 0.05) is 5.69 Å². The van der Waals surface area contributed by atoms with E-state index in [-0.39, 0.29) is 18.1 Å². The highest BCUT2D eigenvalue weighted by Gasteiger charge is 2.10. The average Bonchev–Trinajstić information content (AvgIpc) is 2.47. The summed E-state index contributed by atoms with van der Waals surface area (Å²) in [4.78, 5) is 16.3. The molecule has 0 radical (unpaired) electrons. The number of anilines is 1. The molecule has 1 heterocycles. The number of pyridine rings is 1. The first-order valence-corrected chi connectivity index (χ1v) is 6.33. The lowest BCUT2D eigenvalue weighted by molar-refractivity contribution is 0.102. The molecule has 1 amide bonds. The second-order valence-electron chi connectivity index (χ2n) is 4.31. The number of amides is 1. The van der Waals surface area contributed by atoms with Crippen molar-refractivity contribution in [2.45, 2.75) is 6.92 Å². The van der Waals surface area contributed by atoms with Gasteiger partial charge in [-0.1, -0.05) is 17.9 Å². The van der Waals surface area contributed by atoms with Crippen molar-refractivity contribution in [2.24, 2.45) is 5.73 Å². The van der Waals surface area contributed by atoms with Crippen LogP contribution < -0.4 is 11.1 Å². The molecule has 0 aliphatic rings. The fourth-order valence-corrected chi connectivity index (χ4v) is 1.73. The van der Waals surface area contributed by atoms with Gasteiger partial charge < -0.3 is 11.1 Å². The fraction of sp³-hybridized carbons (Fsp3) is 0.125. The molecule has 1 aromatic heterocycles. The number of hydrogen-bond donors (Lipinski definition) is 2. The highest BCUT2D eigenvalue weighted by atomic mass is 19.1. The van der Waals surface area contributed by atoms with Crippen molar-refractivity contribution in [3.05, 3.63) is 59.2 Å². The third kappa shape index (κ3) is 3.88. The first-order chi connectivity index (χ1) is 10.1. The minimum absolute atomic E-state index is 0.156. The molecule has 4 nitrogen and oxygen atoms in total. The van der Waals surface area contributed by atoms with E-state index in [0.717, 1.165) is 5.69 Å². The summed E-state index contributed by atoms with van der Waals surface area (Å²) >= 11 is 0. The lowest BCUT2D eigenvalue weighted by Gasteiger charge is -2.07. The van der Waals surface area contributed by atoms with Gasteiger partial charge in [0.2, 0.25) is 0 Å². The lowest BCUT2D eigenvalue weighted by Crippen LogP contribution is -2.15. The molecule has 0 atom stereocenters. The molecule has 0 bridgehead atoms. The molecule has 0 spiro atoms. The number of nitrogens with one attached hydrogen (secondary N) is 1. The van der Waals surface area contributed by atoms with Crippen LogP contribution in [-0.4, -0.2) is 17.4 Å². The van der Waals surface area contributed by atoms with Crippen LogP contribution in [0.5, 0.6) is 0 Å². The molecule has 106 valence electrons. The minimum Gasteiger partial charge on any atom is -0.320 e. The van der Waals surface area contributed by atoms with Crippen LogP contribution in [0, 0.1) is 24.6 Å². The minimum atomic E-state index is -0.428. The Labute approximate surface area is 122 Å². The number of benzene rings is 1. The van der Waals surface area contributed by atoms with E-state index in [1.165, 1.54) is 18.2 Å². The molecule has 0 fully saturated rings. The molecule has 21 heavy (non-hydrogen) atoms. The molecule has 1 aromatic carbocycles. The number of carbonyl (C=O) groups excluding carboxylic acids is 1. The number of halogens is 1. The van der Waals surface area contributed by atoms with Crippen molar-refractivity contribution in [2.75, 3.05) is 11.9 Å². The molecule has 0 aliphatic carbocycles. The summed E-state index contributed by atoms with van der Waals surface area (Å²) in [5.41, 5.74) is 7.14. The van der Waals surface area contributed by atoms with Gasteiger partial charge in [-0.05, 0) is 37.3 Å². The van der Waals surface area contributed by atoms with Crippen molar-refractivity contribution in [3.63, 3.8) is 0 Å². The van der Waals surface area contributed by atoms with E-state index in [2.05, 4.69) is 22.1 Å². The van der Waals surface area contributed by atoms with Crippen LogP contribution in [0.2, 0.25) is 0 Å². The molecule has 0 unspecified atom stereocenters. The molecule has 2 rings (SSSR count). The number of carbonyl (C=O) groups is 1. The highest BCUT2D eigenvalue weighted by molar-refractivity contribution is 6.03. The summed E-state index contributed by atoms with van der Waals surface area (Å²) in [5, 5.41) is 2.68. The zero-order chi connectivity index (χ0) is 15.2. The number of hydrogen-bond acceptors (Lipinski definition) is 3. The third-order valence-electron chi connectivity index (χ3n) is 2.68. The molecule has 0 saturated heterocycles. The quantitative estimate of drug-likeness (QED) is 0.829. The summed E-state index contributed by atoms with van der Waals surface area (Å²) in [6, 6.07) is 9.12. The Balaban J connectivity index is 2.29. The maximum Gasteiger partial charge on any atom is 0.274 e. The standard InChI is InChI=1S/C16H14FN3O/c1-11-4-2-6-15(19-11)16(21)20-14-8-7-13(17)10-12(14)5-3-9-18/h2,4,6-8,10H,9,18H2,1H3,(H,20,21). The van der Waals surface area contributed by atoms with Crippen LogP contribution in [0.15, 0.2) is 36.4 Å². The number of aryl methyl sites for hydroxylation is 1. The highest BCUT2D eigenvalue weighted by Crippen LogP contribution is 2.17. The Morgan fingerprint density at radius 2 is 2.19 bits per heavy atom. The number of nitrogens with two attached hydrogens (primary N) is 1. The van der Waals surface area contributed by atoms with Gasteiger partial charge in [0.1, 0.15) is 11.5 Å². The Kier molecular flexibility index (Phi) is 4.64. The van der Waals surface area contributed by atoms with E-state index in [4.69, 9.17) is 5.73 Å². The molecular formula is C16H14FN3O. The van der Waals surface area contributed by atoms with E-state index in [0.29, 0.717) is 11.3 Å². The van der Waals surface area contributed by atoms with Crippen LogP contribution in [0.25, 0.3) is 0 Å². The smallest absolute Gasteiger partial charge is 0.274 e. The topological polar surface area (TPSA) is 68.0 Å². The molecular weight excluding hydrogens is 269 g/mol. The van der Waals surface area contributed by atoms with Gasteiger partial charge in [-0.25, -0.2) is 9.37 Å². The van der Waals surface area contributed by atoms with Crippen LogP contribution >= 0.6 is 0 Å². The van der Waals surface area contributed by atoms with Gasteiger partial charge in [0.05, 0.1) is 17.8 Å². The van der Waals surface area contributed by atoms with Gasteiger partial charge in [-0.3, -0.25) is 4.79 Å². The second-order valence-corrected chi connectivity index (χ2v) is 4.31. The van der Waals surface area contributed by atoms with Crippen LogP contribution in [0.3, 0.4) is 0 Å². The van der Waals surface area contributed by atoms with Crippen molar-refractivity contribution >= 4 is 11.6 Å². The summed E-state index contributed by atoms with van der Waals surface area (Å²) in [6.45, 7) is 1.95. The maximum atomic E-state index is 13.3. The summed E-state index contributed by atoms with van der Waals surface area (Å²) in [7, 11) is 0. The van der Waals surface area contributed by atoms with Crippen molar-refractivity contribution < 1.29 is 9.18 Å². The average molecular weight is 283 g/mol. The third-order valence-corrected chi connectivity index (χ3v) is 2.68. The monoisotopic (exact) mass is 283 g/mol. The number of aromatic nitrogens is 1. The maximum absolute atomic E-state index is 13.3. The Bertz CT molecular complexity index is 732. The van der Waals surface area contributed by atoms with E-state index in [1.54, 1.807) is 25.1 Å². The van der Waals surface area contributed by atoms with Crippen LogP contribution in [-0.2, 0) is 0 Å². The zero-order valence-corrected chi connectivity index (χ0v) is 11.5. The Morgan fingerprint density at radius 1 is 1.38 bits per heavy atom. The molecule has 3 N–H and O–H groups in total. The van der Waals surface area contributed by atoms with Gasteiger partial charge in [0.15, 0.2) is 0 Å². The van der Waals surface area contributed by atoms with E-state index in [9.17, 15) is 9.18 Å².